The molecule has 0 bridgehead atoms. The number of hydrogen-bond acceptors (Lipinski definition) is 2. The molecule has 0 heterocycles. The molecular formula is C20H24N2OS. The lowest BCUT2D eigenvalue weighted by molar-refractivity contribution is 0.336. The highest BCUT2D eigenvalue weighted by Crippen LogP contribution is 2.33. The number of hydrogen-bond donors (Lipinski definition) is 1. The minimum absolute atomic E-state index is 0.345. The van der Waals surface area contributed by atoms with Crippen LogP contribution in [0.1, 0.15) is 36.9 Å². The average Bonchev–Trinajstić information content (AvgIpc) is 2.62. The van der Waals surface area contributed by atoms with Gasteiger partial charge in [0.2, 0.25) is 0 Å². The molecule has 0 aliphatic heterocycles. The average molecular weight is 340 g/mol. The van der Waals surface area contributed by atoms with Gasteiger partial charge in [0.15, 0.2) is 5.11 Å². The first-order valence-electron chi connectivity index (χ1n) is 8.53. The molecule has 0 aromatic heterocycles. The van der Waals surface area contributed by atoms with Gasteiger partial charge in [0.1, 0.15) is 5.75 Å². The highest BCUT2D eigenvalue weighted by Gasteiger charge is 2.24. The summed E-state index contributed by atoms with van der Waals surface area (Å²) in [6, 6.07) is 17.0. The second kappa shape index (κ2) is 7.67. The summed E-state index contributed by atoms with van der Waals surface area (Å²) in [5.41, 5.74) is 3.84. The van der Waals surface area contributed by atoms with Gasteiger partial charge in [0, 0.05) is 12.7 Å². The van der Waals surface area contributed by atoms with Crippen LogP contribution in [0.25, 0.3) is 0 Å². The molecule has 1 aliphatic carbocycles. The van der Waals surface area contributed by atoms with Crippen molar-refractivity contribution >= 4 is 23.0 Å². The third kappa shape index (κ3) is 3.70. The molecule has 3 rings (SSSR count). The lowest BCUT2D eigenvalue weighted by Crippen LogP contribution is -2.36. The van der Waals surface area contributed by atoms with Gasteiger partial charge in [0.05, 0.1) is 12.6 Å². The third-order valence-corrected chi connectivity index (χ3v) is 4.93. The maximum atomic E-state index is 5.64. The number of benzene rings is 2. The largest absolute Gasteiger partial charge is 0.494 e. The molecule has 4 heteroatoms. The van der Waals surface area contributed by atoms with E-state index in [9.17, 15) is 0 Å². The van der Waals surface area contributed by atoms with Crippen LogP contribution in [0.15, 0.2) is 48.5 Å². The number of nitrogens with one attached hydrogen (secondary N) is 1. The molecule has 1 aliphatic rings. The summed E-state index contributed by atoms with van der Waals surface area (Å²) in [5.74, 6) is 0.878. The molecule has 1 N–H and O–H groups in total. The molecular weight excluding hydrogens is 316 g/mol. The Morgan fingerprint density at radius 2 is 1.96 bits per heavy atom. The summed E-state index contributed by atoms with van der Waals surface area (Å²) < 4.78 is 5.48. The summed E-state index contributed by atoms with van der Waals surface area (Å²) in [6.07, 6.45) is 3.51. The van der Waals surface area contributed by atoms with E-state index in [0.717, 1.165) is 23.0 Å². The van der Waals surface area contributed by atoms with Gasteiger partial charge < -0.3 is 15.0 Å². The van der Waals surface area contributed by atoms with E-state index in [1.54, 1.807) is 0 Å². The van der Waals surface area contributed by atoms with Crippen LogP contribution in [0.2, 0.25) is 0 Å². The van der Waals surface area contributed by atoms with Gasteiger partial charge in [-0.2, -0.15) is 0 Å². The molecule has 2 aromatic carbocycles. The number of ether oxygens (including phenoxy) is 1. The zero-order chi connectivity index (χ0) is 16.9. The molecule has 2 aromatic rings. The maximum absolute atomic E-state index is 5.64. The predicted octanol–water partition coefficient (Wildman–Crippen LogP) is 4.79. The van der Waals surface area contributed by atoms with Crippen LogP contribution < -0.4 is 10.1 Å². The minimum atomic E-state index is 0.345. The van der Waals surface area contributed by atoms with Crippen molar-refractivity contribution in [3.05, 3.63) is 59.7 Å². The third-order valence-electron chi connectivity index (χ3n) is 4.54. The summed E-state index contributed by atoms with van der Waals surface area (Å²) in [4.78, 5) is 2.18. The van der Waals surface area contributed by atoms with Crippen molar-refractivity contribution in [3.63, 3.8) is 0 Å². The van der Waals surface area contributed by atoms with Crippen molar-refractivity contribution in [2.75, 3.05) is 19.0 Å². The van der Waals surface area contributed by atoms with Crippen molar-refractivity contribution in [2.24, 2.45) is 0 Å². The van der Waals surface area contributed by atoms with E-state index in [1.807, 2.05) is 31.2 Å². The predicted molar refractivity (Wildman–Crippen MR) is 104 cm³/mol. The Hall–Kier alpha value is -2.07. The highest BCUT2D eigenvalue weighted by atomic mass is 32.1. The van der Waals surface area contributed by atoms with E-state index in [-0.39, 0.29) is 0 Å². The standard InChI is InChI=1S/C20H24N2OS/c1-3-23-17-13-11-16(12-14-17)21-20(24)22(2)19-10-6-8-15-7-4-5-9-18(15)19/h4-5,7,9,11-14,19H,3,6,8,10H2,1-2H3,(H,21,24)/t19-/m0/s1. The van der Waals surface area contributed by atoms with Gasteiger partial charge in [-0.3, -0.25) is 0 Å². The number of thiocarbonyl (C=S) groups is 1. The van der Waals surface area contributed by atoms with Crippen LogP contribution in [0, 0.1) is 0 Å². The summed E-state index contributed by atoms with van der Waals surface area (Å²) in [5, 5.41) is 4.09. The quantitative estimate of drug-likeness (QED) is 0.809. The number of nitrogens with zero attached hydrogens (tertiary/aromatic N) is 1. The Bertz CT molecular complexity index is 699. The molecule has 3 nitrogen and oxygen atoms in total. The molecule has 0 amide bonds. The molecule has 0 spiro atoms. The fourth-order valence-electron chi connectivity index (χ4n) is 3.28. The van der Waals surface area contributed by atoms with Crippen LogP contribution in [0.5, 0.6) is 5.75 Å². The molecule has 24 heavy (non-hydrogen) atoms. The first-order valence-corrected chi connectivity index (χ1v) is 8.94. The number of fused-ring (bicyclic) bond motifs is 1. The molecule has 0 fully saturated rings. The first kappa shape index (κ1) is 16.8. The maximum Gasteiger partial charge on any atom is 0.173 e. The van der Waals surface area contributed by atoms with Crippen LogP contribution >= 0.6 is 12.2 Å². The number of anilines is 1. The molecule has 0 unspecified atom stereocenters. The van der Waals surface area contributed by atoms with Gasteiger partial charge in [-0.05, 0) is 73.8 Å². The van der Waals surface area contributed by atoms with Crippen LogP contribution in [0.3, 0.4) is 0 Å². The Morgan fingerprint density at radius 3 is 2.71 bits per heavy atom. The Balaban J connectivity index is 1.69. The molecule has 0 saturated carbocycles. The van der Waals surface area contributed by atoms with Gasteiger partial charge in [0.25, 0.3) is 0 Å². The molecule has 0 radical (unpaired) electrons. The Morgan fingerprint density at radius 1 is 1.21 bits per heavy atom. The monoisotopic (exact) mass is 340 g/mol. The molecule has 0 saturated heterocycles. The fraction of sp³-hybridized carbons (Fsp3) is 0.350. The van der Waals surface area contributed by atoms with Gasteiger partial charge >= 0.3 is 0 Å². The van der Waals surface area contributed by atoms with Crippen molar-refractivity contribution in [3.8, 4) is 5.75 Å². The van der Waals surface area contributed by atoms with E-state index in [1.165, 1.54) is 24.0 Å². The number of rotatable bonds is 4. The Labute approximate surface area is 149 Å². The van der Waals surface area contributed by atoms with E-state index in [2.05, 4.69) is 41.5 Å². The van der Waals surface area contributed by atoms with Crippen molar-refractivity contribution in [1.82, 2.24) is 4.90 Å². The Kier molecular flexibility index (Phi) is 5.36. The topological polar surface area (TPSA) is 24.5 Å². The van der Waals surface area contributed by atoms with Crippen molar-refractivity contribution in [2.45, 2.75) is 32.2 Å². The SMILES string of the molecule is CCOc1ccc(NC(=S)N(C)[C@H]2CCCc3ccccc32)cc1. The molecule has 1 atom stereocenters. The zero-order valence-corrected chi connectivity index (χ0v) is 15.1. The normalized spacial score (nSPS) is 16.2. The van der Waals surface area contributed by atoms with Crippen molar-refractivity contribution < 1.29 is 4.74 Å². The highest BCUT2D eigenvalue weighted by molar-refractivity contribution is 7.80. The molecule has 126 valence electrons. The van der Waals surface area contributed by atoms with Crippen LogP contribution in [-0.2, 0) is 6.42 Å². The van der Waals surface area contributed by atoms with E-state index in [4.69, 9.17) is 17.0 Å². The summed E-state index contributed by atoms with van der Waals surface area (Å²) in [7, 11) is 2.08. The van der Waals surface area contributed by atoms with Crippen molar-refractivity contribution in [1.29, 1.82) is 0 Å². The van der Waals surface area contributed by atoms with E-state index in [0.29, 0.717) is 12.6 Å². The second-order valence-corrected chi connectivity index (χ2v) is 6.49. The zero-order valence-electron chi connectivity index (χ0n) is 14.3. The first-order chi connectivity index (χ1) is 11.7. The number of aryl methyl sites for hydroxylation is 1. The minimum Gasteiger partial charge on any atom is -0.494 e. The second-order valence-electron chi connectivity index (χ2n) is 6.11. The lowest BCUT2D eigenvalue weighted by Gasteiger charge is -2.35. The van der Waals surface area contributed by atoms with Crippen LogP contribution in [-0.4, -0.2) is 23.7 Å². The van der Waals surface area contributed by atoms with Crippen LogP contribution in [0.4, 0.5) is 5.69 Å². The smallest absolute Gasteiger partial charge is 0.173 e. The van der Waals surface area contributed by atoms with Gasteiger partial charge in [-0.25, -0.2) is 0 Å². The van der Waals surface area contributed by atoms with Gasteiger partial charge in [-0.15, -0.1) is 0 Å². The summed E-state index contributed by atoms with van der Waals surface area (Å²) >= 11 is 5.64. The lowest BCUT2D eigenvalue weighted by atomic mass is 9.87. The van der Waals surface area contributed by atoms with E-state index >= 15 is 0 Å². The fourth-order valence-corrected chi connectivity index (χ4v) is 3.53. The van der Waals surface area contributed by atoms with E-state index < -0.39 is 0 Å². The summed E-state index contributed by atoms with van der Waals surface area (Å²) in [6.45, 7) is 2.66. The van der Waals surface area contributed by atoms with Gasteiger partial charge in [-0.1, -0.05) is 24.3 Å².